The van der Waals surface area contributed by atoms with Crippen LogP contribution in [0.25, 0.3) is 0 Å². The van der Waals surface area contributed by atoms with Crippen LogP contribution in [0.15, 0.2) is 18.2 Å². The molecule has 0 saturated carbocycles. The smallest absolute Gasteiger partial charge is 0.335 e. The first kappa shape index (κ1) is 15.4. The molecule has 0 bridgehead atoms. The number of carboxylic acids is 1. The van der Waals surface area contributed by atoms with Gasteiger partial charge in [-0.15, -0.1) is 0 Å². The highest BCUT2D eigenvalue weighted by Crippen LogP contribution is 2.19. The first-order valence-corrected chi connectivity index (χ1v) is 6.32. The van der Waals surface area contributed by atoms with Crippen LogP contribution in [0, 0.1) is 11.7 Å². The number of halogens is 1. The molecule has 2 N–H and O–H groups in total. The van der Waals surface area contributed by atoms with Gasteiger partial charge in [-0.1, -0.05) is 13.8 Å². The third-order valence-electron chi connectivity index (χ3n) is 2.86. The molecule has 0 aliphatic carbocycles. The van der Waals surface area contributed by atoms with E-state index in [9.17, 15) is 9.18 Å². The van der Waals surface area contributed by atoms with Crippen LogP contribution >= 0.6 is 0 Å². The average Bonchev–Trinajstić information content (AvgIpc) is 2.35. The third-order valence-corrected chi connectivity index (χ3v) is 2.86. The number of carboxylic acid groups (broad SMARTS) is 1. The fourth-order valence-corrected chi connectivity index (χ4v) is 1.61. The van der Waals surface area contributed by atoms with Gasteiger partial charge in [0.2, 0.25) is 0 Å². The van der Waals surface area contributed by atoms with E-state index in [4.69, 9.17) is 9.84 Å². The Kier molecular flexibility index (Phi) is 5.76. The second kappa shape index (κ2) is 7.09. The first-order chi connectivity index (χ1) is 8.95. The number of ether oxygens (including phenoxy) is 1. The number of rotatable bonds is 7. The topological polar surface area (TPSA) is 58.6 Å². The third kappa shape index (κ3) is 4.52. The lowest BCUT2D eigenvalue weighted by atomic mass is 10.0. The van der Waals surface area contributed by atoms with Crippen LogP contribution in [0.4, 0.5) is 10.1 Å². The second-order valence-electron chi connectivity index (χ2n) is 4.65. The normalized spacial score (nSPS) is 12.5. The van der Waals surface area contributed by atoms with Crippen molar-refractivity contribution in [3.8, 4) is 0 Å². The quantitative estimate of drug-likeness (QED) is 0.799. The maximum absolute atomic E-state index is 13.8. The summed E-state index contributed by atoms with van der Waals surface area (Å²) in [6.07, 6.45) is 0. The maximum atomic E-state index is 13.8. The summed E-state index contributed by atoms with van der Waals surface area (Å²) in [4.78, 5) is 10.7. The van der Waals surface area contributed by atoms with Crippen molar-refractivity contribution in [1.29, 1.82) is 0 Å². The molecule has 5 heteroatoms. The van der Waals surface area contributed by atoms with Crippen molar-refractivity contribution in [3.05, 3.63) is 29.6 Å². The maximum Gasteiger partial charge on any atom is 0.335 e. The summed E-state index contributed by atoms with van der Waals surface area (Å²) in [7, 11) is 0. The molecule has 0 aliphatic heterocycles. The number of benzene rings is 1. The summed E-state index contributed by atoms with van der Waals surface area (Å²) in [5.74, 6) is -1.44. The van der Waals surface area contributed by atoms with Gasteiger partial charge in [0.05, 0.1) is 23.9 Å². The summed E-state index contributed by atoms with van der Waals surface area (Å²) < 4.78 is 19.1. The molecule has 0 fully saturated rings. The molecule has 106 valence electrons. The largest absolute Gasteiger partial charge is 0.478 e. The van der Waals surface area contributed by atoms with E-state index < -0.39 is 11.8 Å². The average molecular weight is 269 g/mol. The Morgan fingerprint density at radius 2 is 2.16 bits per heavy atom. The van der Waals surface area contributed by atoms with Gasteiger partial charge < -0.3 is 15.2 Å². The Morgan fingerprint density at radius 1 is 1.47 bits per heavy atom. The molecular formula is C14H20FNO3. The Morgan fingerprint density at radius 3 is 2.63 bits per heavy atom. The Balaban J connectivity index is 2.81. The highest BCUT2D eigenvalue weighted by molar-refractivity contribution is 5.88. The molecule has 0 amide bonds. The van der Waals surface area contributed by atoms with Gasteiger partial charge >= 0.3 is 5.97 Å². The van der Waals surface area contributed by atoms with Crippen molar-refractivity contribution in [2.75, 3.05) is 18.5 Å². The highest BCUT2D eigenvalue weighted by atomic mass is 19.1. The molecule has 19 heavy (non-hydrogen) atoms. The van der Waals surface area contributed by atoms with Crippen LogP contribution in [0.2, 0.25) is 0 Å². The molecule has 1 aromatic rings. The summed E-state index contributed by atoms with van der Waals surface area (Å²) in [5.41, 5.74) is 0.234. The van der Waals surface area contributed by atoms with Crippen molar-refractivity contribution in [2.24, 2.45) is 5.92 Å². The second-order valence-corrected chi connectivity index (χ2v) is 4.65. The van der Waals surface area contributed by atoms with Gasteiger partial charge in [-0.3, -0.25) is 0 Å². The highest BCUT2D eigenvalue weighted by Gasteiger charge is 2.16. The zero-order valence-corrected chi connectivity index (χ0v) is 11.4. The van der Waals surface area contributed by atoms with E-state index in [1.165, 1.54) is 12.1 Å². The van der Waals surface area contributed by atoms with Crippen LogP contribution in [0.1, 0.15) is 31.1 Å². The summed E-state index contributed by atoms with van der Waals surface area (Å²) >= 11 is 0. The Hall–Kier alpha value is -1.62. The molecule has 1 atom stereocenters. The molecule has 4 nitrogen and oxygen atoms in total. The monoisotopic (exact) mass is 269 g/mol. The molecule has 0 radical (unpaired) electrons. The molecule has 0 saturated heterocycles. The lowest BCUT2D eigenvalue weighted by Gasteiger charge is -2.23. The van der Waals surface area contributed by atoms with E-state index in [1.807, 2.05) is 20.8 Å². The van der Waals surface area contributed by atoms with Crippen molar-refractivity contribution in [2.45, 2.75) is 26.8 Å². The first-order valence-electron chi connectivity index (χ1n) is 6.32. The fourth-order valence-electron chi connectivity index (χ4n) is 1.61. The van der Waals surface area contributed by atoms with Gasteiger partial charge in [0.1, 0.15) is 5.82 Å². The minimum Gasteiger partial charge on any atom is -0.478 e. The molecule has 0 spiro atoms. The molecule has 1 aromatic carbocycles. The predicted octanol–water partition coefficient (Wildman–Crippen LogP) is 3.00. The van der Waals surface area contributed by atoms with Crippen molar-refractivity contribution >= 4 is 11.7 Å². The van der Waals surface area contributed by atoms with E-state index in [1.54, 1.807) is 0 Å². The number of carbonyl (C=O) groups is 1. The van der Waals surface area contributed by atoms with Crippen LogP contribution < -0.4 is 5.32 Å². The zero-order chi connectivity index (χ0) is 14.4. The number of nitrogens with one attached hydrogen (secondary N) is 1. The molecule has 0 aromatic heterocycles. The number of anilines is 1. The molecular weight excluding hydrogens is 249 g/mol. The molecule has 0 heterocycles. The summed E-state index contributed by atoms with van der Waals surface area (Å²) in [5, 5.41) is 11.8. The van der Waals surface area contributed by atoms with Gasteiger partial charge in [-0.25, -0.2) is 9.18 Å². The van der Waals surface area contributed by atoms with Crippen molar-refractivity contribution < 1.29 is 19.0 Å². The van der Waals surface area contributed by atoms with Crippen molar-refractivity contribution in [3.63, 3.8) is 0 Å². The molecule has 0 aliphatic rings. The lowest BCUT2D eigenvalue weighted by molar-refractivity contribution is 0.0696. The van der Waals surface area contributed by atoms with Gasteiger partial charge in [0, 0.05) is 6.61 Å². The molecule has 1 rings (SSSR count). The van der Waals surface area contributed by atoms with Gasteiger partial charge in [0.15, 0.2) is 0 Å². The minimum absolute atomic E-state index is 0.0230. The zero-order valence-electron chi connectivity index (χ0n) is 11.4. The van der Waals surface area contributed by atoms with Crippen LogP contribution in [0.3, 0.4) is 0 Å². The Bertz CT molecular complexity index is 435. The Labute approximate surface area is 112 Å². The SMILES string of the molecule is CCOCC(Nc1ccc(C(=O)O)cc1F)C(C)C. The van der Waals surface area contributed by atoms with Crippen molar-refractivity contribution in [1.82, 2.24) is 0 Å². The van der Waals surface area contributed by atoms with Gasteiger partial charge in [-0.2, -0.15) is 0 Å². The standard InChI is InChI=1S/C14H20FNO3/c1-4-19-8-13(9(2)3)16-12-6-5-10(14(17)18)7-11(12)15/h5-7,9,13,16H,4,8H2,1-3H3,(H,17,18). The van der Waals surface area contributed by atoms with Gasteiger partial charge in [0.25, 0.3) is 0 Å². The summed E-state index contributed by atoms with van der Waals surface area (Å²) in [6.45, 7) is 7.01. The predicted molar refractivity (Wildman–Crippen MR) is 72.1 cm³/mol. The lowest BCUT2D eigenvalue weighted by Crippen LogP contribution is -2.31. The number of hydrogen-bond donors (Lipinski definition) is 2. The van der Waals surface area contributed by atoms with Gasteiger partial charge in [-0.05, 0) is 31.0 Å². The molecule has 1 unspecified atom stereocenters. The van der Waals surface area contributed by atoms with E-state index in [0.717, 1.165) is 6.07 Å². The van der Waals surface area contributed by atoms with E-state index in [2.05, 4.69) is 5.32 Å². The number of aromatic carboxylic acids is 1. The van der Waals surface area contributed by atoms with Crippen LogP contribution in [-0.2, 0) is 4.74 Å². The van der Waals surface area contributed by atoms with E-state index >= 15 is 0 Å². The number of hydrogen-bond acceptors (Lipinski definition) is 3. The van der Waals surface area contributed by atoms with E-state index in [-0.39, 0.29) is 17.5 Å². The van der Waals surface area contributed by atoms with Crippen LogP contribution in [0.5, 0.6) is 0 Å². The van der Waals surface area contributed by atoms with E-state index in [0.29, 0.717) is 18.9 Å². The van der Waals surface area contributed by atoms with Crippen LogP contribution in [-0.4, -0.2) is 30.3 Å². The fraction of sp³-hybridized carbons (Fsp3) is 0.500. The minimum atomic E-state index is -1.14. The summed E-state index contributed by atoms with van der Waals surface area (Å²) in [6, 6.07) is 3.82.